The van der Waals surface area contributed by atoms with E-state index < -0.39 is 80.2 Å². The first kappa shape index (κ1) is 36.9. The second kappa shape index (κ2) is 14.5. The van der Waals surface area contributed by atoms with Crippen LogP contribution in [0.1, 0.15) is 88.9 Å². The number of carbonyl (C=O) groups is 5. The predicted molar refractivity (Wildman–Crippen MR) is 182 cm³/mol. The van der Waals surface area contributed by atoms with E-state index in [-0.39, 0.29) is 41.4 Å². The lowest BCUT2D eigenvalue weighted by Gasteiger charge is -2.30. The molecule has 2 heterocycles. The van der Waals surface area contributed by atoms with Crippen molar-refractivity contribution in [2.24, 2.45) is 5.92 Å². The SMILES string of the molecule is CC(C)(C)OC(=O)N[C@H]1CCCCC/C=C\[C@@H]2C[C@@]2(C(=O)NS(=O)(=O)C2CC2)NC(=O)[C@@H]2C[C@@H](NC(=O)c3ccc(Cl)c(Cl)c3)CN2C1=O. The second-order valence-electron chi connectivity index (χ2n) is 14.3. The van der Waals surface area contributed by atoms with E-state index in [1.807, 2.05) is 12.2 Å². The van der Waals surface area contributed by atoms with Crippen LogP contribution in [0.15, 0.2) is 30.4 Å². The molecule has 49 heavy (non-hydrogen) atoms. The Labute approximate surface area is 296 Å². The number of hydrogen-bond acceptors (Lipinski definition) is 8. The van der Waals surface area contributed by atoms with Gasteiger partial charge in [-0.1, -0.05) is 48.2 Å². The topological polar surface area (TPSA) is 180 Å². The molecule has 13 nitrogen and oxygen atoms in total. The monoisotopic (exact) mass is 739 g/mol. The molecule has 1 aromatic carbocycles. The van der Waals surface area contributed by atoms with Crippen molar-refractivity contribution in [1.82, 2.24) is 25.6 Å². The molecule has 4 aliphatic rings. The molecule has 0 aromatic heterocycles. The molecule has 4 N–H and O–H groups in total. The fourth-order valence-electron chi connectivity index (χ4n) is 6.26. The fraction of sp³-hybridized carbons (Fsp3) is 0.606. The van der Waals surface area contributed by atoms with Crippen LogP contribution in [0.2, 0.25) is 10.0 Å². The summed E-state index contributed by atoms with van der Waals surface area (Å²) in [7, 11) is -3.90. The van der Waals surface area contributed by atoms with Crippen LogP contribution in [0.25, 0.3) is 0 Å². The van der Waals surface area contributed by atoms with Gasteiger partial charge in [0.25, 0.3) is 11.8 Å². The van der Waals surface area contributed by atoms with Crippen LogP contribution in [0.4, 0.5) is 4.79 Å². The van der Waals surface area contributed by atoms with Gasteiger partial charge < -0.3 is 25.6 Å². The number of fused-ring (bicyclic) bond motifs is 2. The first-order valence-electron chi connectivity index (χ1n) is 16.6. The zero-order valence-electron chi connectivity index (χ0n) is 27.7. The highest BCUT2D eigenvalue weighted by atomic mass is 35.5. The van der Waals surface area contributed by atoms with E-state index in [9.17, 15) is 32.4 Å². The molecule has 0 bridgehead atoms. The number of ether oxygens (including phenoxy) is 1. The van der Waals surface area contributed by atoms with Gasteiger partial charge in [0.05, 0.1) is 15.3 Å². The van der Waals surface area contributed by atoms with Crippen molar-refractivity contribution < 1.29 is 37.1 Å². The Morgan fingerprint density at radius 3 is 2.43 bits per heavy atom. The minimum Gasteiger partial charge on any atom is -0.444 e. The fourth-order valence-corrected chi connectivity index (χ4v) is 7.92. The molecule has 1 saturated heterocycles. The molecule has 0 radical (unpaired) electrons. The molecule has 16 heteroatoms. The highest BCUT2D eigenvalue weighted by Crippen LogP contribution is 2.46. The quantitative estimate of drug-likeness (QED) is 0.320. The number of halogens is 2. The lowest BCUT2D eigenvalue weighted by molar-refractivity contribution is -0.141. The van der Waals surface area contributed by atoms with E-state index in [1.54, 1.807) is 20.8 Å². The van der Waals surface area contributed by atoms with Gasteiger partial charge in [0.15, 0.2) is 0 Å². The summed E-state index contributed by atoms with van der Waals surface area (Å²) >= 11 is 12.1. The van der Waals surface area contributed by atoms with E-state index in [0.717, 1.165) is 12.8 Å². The molecule has 2 aliphatic carbocycles. The zero-order valence-corrected chi connectivity index (χ0v) is 30.1. The van der Waals surface area contributed by atoms with E-state index >= 15 is 0 Å². The number of benzene rings is 1. The minimum atomic E-state index is -3.90. The lowest BCUT2D eigenvalue weighted by Crippen LogP contribution is -2.58. The number of sulfonamides is 1. The lowest BCUT2D eigenvalue weighted by atomic mass is 10.0. The molecule has 2 aliphatic heterocycles. The Bertz CT molecular complexity index is 1640. The maximum Gasteiger partial charge on any atom is 0.408 e. The predicted octanol–water partition coefficient (Wildman–Crippen LogP) is 3.59. The third-order valence-electron chi connectivity index (χ3n) is 9.09. The molecular formula is C33H43Cl2N5O8S. The second-order valence-corrected chi connectivity index (χ2v) is 17.0. The van der Waals surface area contributed by atoms with Gasteiger partial charge in [-0.2, -0.15) is 0 Å². The van der Waals surface area contributed by atoms with Crippen LogP contribution in [-0.4, -0.2) is 84.1 Å². The first-order chi connectivity index (χ1) is 23.0. The number of carbonyl (C=O) groups excluding carboxylic acids is 5. The van der Waals surface area contributed by atoms with Crippen molar-refractivity contribution in [1.29, 1.82) is 0 Å². The normalized spacial score (nSPS) is 28.5. The smallest absolute Gasteiger partial charge is 0.408 e. The Morgan fingerprint density at radius 2 is 1.76 bits per heavy atom. The minimum absolute atomic E-state index is 0.0115. The molecule has 268 valence electrons. The summed E-state index contributed by atoms with van der Waals surface area (Å²) in [6.07, 6.45) is 7.10. The van der Waals surface area contributed by atoms with Gasteiger partial charge >= 0.3 is 6.09 Å². The van der Waals surface area contributed by atoms with E-state index in [2.05, 4.69) is 20.7 Å². The third kappa shape index (κ3) is 9.06. The summed E-state index contributed by atoms with van der Waals surface area (Å²) in [6.45, 7) is 5.03. The Kier molecular flexibility index (Phi) is 10.9. The molecule has 1 aromatic rings. The van der Waals surface area contributed by atoms with Crippen LogP contribution in [-0.2, 0) is 29.1 Å². The molecule has 5 amide bonds. The summed E-state index contributed by atoms with van der Waals surface area (Å²) in [6, 6.07) is 1.49. The van der Waals surface area contributed by atoms with Crippen molar-refractivity contribution >= 4 is 62.9 Å². The molecule has 5 rings (SSSR count). The van der Waals surface area contributed by atoms with Crippen LogP contribution >= 0.6 is 23.2 Å². The van der Waals surface area contributed by atoms with Gasteiger partial charge in [0.2, 0.25) is 21.8 Å². The molecular weight excluding hydrogens is 697 g/mol. The molecule has 0 spiro atoms. The third-order valence-corrected chi connectivity index (χ3v) is 11.6. The molecule has 3 fully saturated rings. The summed E-state index contributed by atoms with van der Waals surface area (Å²) < 4.78 is 33.0. The molecule has 2 saturated carbocycles. The van der Waals surface area contributed by atoms with Crippen molar-refractivity contribution in [3.8, 4) is 0 Å². The van der Waals surface area contributed by atoms with E-state index in [0.29, 0.717) is 25.7 Å². The zero-order chi connectivity index (χ0) is 35.7. The highest BCUT2D eigenvalue weighted by molar-refractivity contribution is 7.91. The summed E-state index contributed by atoms with van der Waals surface area (Å²) in [5, 5.41) is 8.15. The number of hydrogen-bond donors (Lipinski definition) is 4. The van der Waals surface area contributed by atoms with Gasteiger partial charge in [-0.25, -0.2) is 13.2 Å². The maximum absolute atomic E-state index is 14.2. The highest BCUT2D eigenvalue weighted by Gasteiger charge is 2.62. The van der Waals surface area contributed by atoms with Gasteiger partial charge in [-0.3, -0.25) is 23.9 Å². The summed E-state index contributed by atoms with van der Waals surface area (Å²) in [5.74, 6) is -3.01. The first-order valence-corrected chi connectivity index (χ1v) is 18.9. The number of nitrogens with one attached hydrogen (secondary N) is 4. The van der Waals surface area contributed by atoms with Gasteiger partial charge in [0, 0.05) is 24.1 Å². The van der Waals surface area contributed by atoms with E-state index in [4.69, 9.17) is 27.9 Å². The summed E-state index contributed by atoms with van der Waals surface area (Å²) in [5.41, 5.74) is -2.13. The Morgan fingerprint density at radius 1 is 1.02 bits per heavy atom. The summed E-state index contributed by atoms with van der Waals surface area (Å²) in [4.78, 5) is 69.3. The Hall–Kier alpha value is -3.36. The number of alkyl carbamates (subject to hydrolysis) is 1. The van der Waals surface area contributed by atoms with Gasteiger partial charge in [0.1, 0.15) is 23.2 Å². The number of nitrogens with zero attached hydrogens (tertiary/aromatic N) is 1. The van der Waals surface area contributed by atoms with E-state index in [1.165, 1.54) is 23.1 Å². The van der Waals surface area contributed by atoms with Gasteiger partial charge in [-0.15, -0.1) is 0 Å². The van der Waals surface area contributed by atoms with Crippen molar-refractivity contribution in [2.45, 2.75) is 113 Å². The van der Waals surface area contributed by atoms with Crippen molar-refractivity contribution in [2.75, 3.05) is 6.54 Å². The number of allylic oxidation sites excluding steroid dienone is 1. The number of amides is 5. The average molecular weight is 741 g/mol. The van der Waals surface area contributed by atoms with Crippen molar-refractivity contribution in [3.63, 3.8) is 0 Å². The molecule has 0 unspecified atom stereocenters. The standard InChI is InChI=1S/C33H43Cl2N5O8S/c1-32(2,3)48-31(45)37-25-10-8-6-4-5-7-9-20-17-33(20,30(44)39-49(46,47)22-12-13-22)38-28(42)26-16-21(18-40(26)29(25)43)36-27(41)19-11-14-23(34)24(35)15-19/h7,9,11,14-15,20-22,25-26H,4-6,8,10,12-13,16-18H2,1-3H3,(H,36,41)(H,37,45)(H,38,42)(H,39,44)/b9-7-/t20-,21-,25+,26+,33-/m1/s1. The van der Waals surface area contributed by atoms with Gasteiger partial charge in [-0.05, 0) is 83.9 Å². The largest absolute Gasteiger partial charge is 0.444 e. The maximum atomic E-state index is 14.2. The van der Waals surface area contributed by atoms with Crippen LogP contribution in [0.3, 0.4) is 0 Å². The molecule has 5 atom stereocenters. The van der Waals surface area contributed by atoms with Crippen LogP contribution in [0, 0.1) is 5.92 Å². The van der Waals surface area contributed by atoms with Crippen LogP contribution in [0.5, 0.6) is 0 Å². The van der Waals surface area contributed by atoms with Crippen LogP contribution < -0.4 is 20.7 Å². The van der Waals surface area contributed by atoms with Crippen molar-refractivity contribution in [3.05, 3.63) is 46.0 Å². The average Bonchev–Trinajstić information content (AvgIpc) is 3.93. The Balaban J connectivity index is 1.43. The number of rotatable bonds is 6.